The van der Waals surface area contributed by atoms with Crippen LogP contribution in [0.5, 0.6) is 0 Å². The Labute approximate surface area is 32.5 Å². The highest BCUT2D eigenvalue weighted by Gasteiger charge is 1.63. The first kappa shape index (κ1) is 4.67. The third-order valence-electron chi connectivity index (χ3n) is 0.311. The van der Waals surface area contributed by atoms with Gasteiger partial charge in [0.05, 0.1) is 0 Å². The van der Waals surface area contributed by atoms with Crippen molar-refractivity contribution in [2.45, 2.75) is 12.8 Å². The Kier molecular flexibility index (Phi) is 3.43. The molecular weight excluding hydrogens is 62.1 g/mol. The Balaban J connectivity index is 2.40. The van der Waals surface area contributed by atoms with Crippen LogP contribution in [0.1, 0.15) is 12.8 Å². The zero-order valence-electron chi connectivity index (χ0n) is 3.07. The molecule has 0 spiro atoms. The van der Waals surface area contributed by atoms with Crippen molar-refractivity contribution < 1.29 is 0 Å². The van der Waals surface area contributed by atoms with Gasteiger partial charge in [0.15, 0.2) is 0 Å². The lowest BCUT2D eigenvalue weighted by atomic mass is 10.4. The zero-order valence-corrected chi connectivity index (χ0v) is 3.07. The van der Waals surface area contributed by atoms with Gasteiger partial charge in [0.2, 0.25) is 0 Å². The molecule has 0 unspecified atom stereocenters. The Bertz CT molecular complexity index is 24.8. The molecule has 0 saturated carbocycles. The summed E-state index contributed by atoms with van der Waals surface area (Å²) in [6, 6.07) is 0. The molecule has 5 heavy (non-hydrogen) atoms. The molecule has 0 aromatic rings. The highest BCUT2D eigenvalue weighted by molar-refractivity contribution is 5.52. The molecule has 2 radical (unpaired) electrons. The molecule has 1 N–H and O–H groups in total. The van der Waals surface area contributed by atoms with Crippen molar-refractivity contribution in [2.24, 2.45) is 0 Å². The SMILES string of the molecule is [CH]CCC=N. The molecule has 0 aromatic carbocycles. The summed E-state index contributed by atoms with van der Waals surface area (Å²) in [6.45, 7) is 4.99. The van der Waals surface area contributed by atoms with E-state index < -0.39 is 0 Å². The molecule has 0 aliphatic rings. The van der Waals surface area contributed by atoms with Crippen molar-refractivity contribution in [3.8, 4) is 0 Å². The van der Waals surface area contributed by atoms with E-state index in [1.807, 2.05) is 0 Å². The molecule has 0 atom stereocenters. The fourth-order valence-corrected chi connectivity index (χ4v) is 0.0833. The van der Waals surface area contributed by atoms with Crippen molar-refractivity contribution in [3.05, 3.63) is 6.92 Å². The number of hydrogen-bond donors (Lipinski definition) is 1. The van der Waals surface area contributed by atoms with Gasteiger partial charge in [0.1, 0.15) is 0 Å². The quantitative estimate of drug-likeness (QED) is 0.470. The van der Waals surface area contributed by atoms with Crippen LogP contribution in [0.2, 0.25) is 0 Å². The first-order chi connectivity index (χ1) is 2.41. The minimum Gasteiger partial charge on any atom is -0.313 e. The molecule has 1 nitrogen and oxygen atoms in total. The molecule has 0 saturated heterocycles. The Morgan fingerprint density at radius 1 is 1.80 bits per heavy atom. The van der Waals surface area contributed by atoms with Crippen molar-refractivity contribution in [3.63, 3.8) is 0 Å². The van der Waals surface area contributed by atoms with Gasteiger partial charge in [-0.05, 0) is 26.0 Å². The fraction of sp³-hybridized carbons (Fsp3) is 0.500. The monoisotopic (exact) mass is 69.1 g/mol. The largest absolute Gasteiger partial charge is 0.313 e. The van der Waals surface area contributed by atoms with Crippen LogP contribution in [0, 0.1) is 12.3 Å². The second-order valence-corrected chi connectivity index (χ2v) is 0.781. The molecule has 1 heteroatoms. The second kappa shape index (κ2) is 3.67. The molecule has 0 aromatic heterocycles. The minimum atomic E-state index is 0.601. The Morgan fingerprint density at radius 3 is 2.40 bits per heavy atom. The van der Waals surface area contributed by atoms with Crippen molar-refractivity contribution in [1.82, 2.24) is 0 Å². The van der Waals surface area contributed by atoms with Crippen LogP contribution in [0.4, 0.5) is 0 Å². The molecule has 0 aliphatic heterocycles. The Hall–Kier alpha value is -0.330. The summed E-state index contributed by atoms with van der Waals surface area (Å²) in [6.07, 6.45) is 2.61. The molecule has 0 rings (SSSR count). The average Bonchev–Trinajstić information content (AvgIpc) is 1.41. The third kappa shape index (κ3) is 3.67. The molecule has 0 aliphatic carbocycles. The number of unbranched alkanes of at least 4 members (excludes halogenated alkanes) is 1. The summed E-state index contributed by atoms with van der Waals surface area (Å²) in [5.41, 5.74) is 0. The van der Waals surface area contributed by atoms with Gasteiger partial charge in [-0.1, -0.05) is 0 Å². The minimum absolute atomic E-state index is 0.601. The summed E-state index contributed by atoms with van der Waals surface area (Å²) in [4.78, 5) is 0. The van der Waals surface area contributed by atoms with E-state index in [0.29, 0.717) is 12.8 Å². The predicted octanol–water partition coefficient (Wildman–Crippen LogP) is 1.13. The van der Waals surface area contributed by atoms with Crippen molar-refractivity contribution in [1.29, 1.82) is 5.41 Å². The first-order valence-electron chi connectivity index (χ1n) is 1.61. The van der Waals surface area contributed by atoms with E-state index in [9.17, 15) is 0 Å². The van der Waals surface area contributed by atoms with Crippen LogP contribution in [0.25, 0.3) is 0 Å². The summed E-state index contributed by atoms with van der Waals surface area (Å²) in [5, 5.41) is 6.40. The lowest BCUT2D eigenvalue weighted by Gasteiger charge is -1.70. The van der Waals surface area contributed by atoms with Crippen molar-refractivity contribution >= 4 is 6.21 Å². The molecule has 0 amide bonds. The molecular formula is C4H7N. The topological polar surface area (TPSA) is 23.9 Å². The van der Waals surface area contributed by atoms with E-state index in [0.717, 1.165) is 0 Å². The number of hydrogen-bond acceptors (Lipinski definition) is 1. The maximum atomic E-state index is 6.40. The summed E-state index contributed by atoms with van der Waals surface area (Å²) in [7, 11) is 0. The van der Waals surface area contributed by atoms with Crippen LogP contribution in [0.3, 0.4) is 0 Å². The van der Waals surface area contributed by atoms with Gasteiger partial charge in [0.25, 0.3) is 0 Å². The van der Waals surface area contributed by atoms with Gasteiger partial charge in [-0.2, -0.15) is 0 Å². The Morgan fingerprint density at radius 2 is 2.40 bits per heavy atom. The first-order valence-corrected chi connectivity index (χ1v) is 1.61. The van der Waals surface area contributed by atoms with E-state index in [1.165, 1.54) is 6.21 Å². The van der Waals surface area contributed by atoms with Gasteiger partial charge in [0, 0.05) is 0 Å². The van der Waals surface area contributed by atoms with Crippen LogP contribution < -0.4 is 0 Å². The van der Waals surface area contributed by atoms with Crippen molar-refractivity contribution in [2.75, 3.05) is 0 Å². The number of nitrogens with one attached hydrogen (secondary N) is 1. The van der Waals surface area contributed by atoms with Gasteiger partial charge in [-0.3, -0.25) is 0 Å². The molecule has 28 valence electrons. The standard InChI is InChI=1S/C4H7N/c1-2-3-4-5/h1,4-5H,2-3H2. The molecule has 0 heterocycles. The van der Waals surface area contributed by atoms with Gasteiger partial charge >= 0.3 is 0 Å². The van der Waals surface area contributed by atoms with Gasteiger partial charge in [-0.15, -0.1) is 0 Å². The van der Waals surface area contributed by atoms with Crippen LogP contribution in [-0.2, 0) is 0 Å². The van der Waals surface area contributed by atoms with Crippen LogP contribution >= 0.6 is 0 Å². The highest BCUT2D eigenvalue weighted by atomic mass is 14.3. The average molecular weight is 69.1 g/mol. The van der Waals surface area contributed by atoms with E-state index in [2.05, 4.69) is 0 Å². The second-order valence-electron chi connectivity index (χ2n) is 0.781. The lowest BCUT2D eigenvalue weighted by molar-refractivity contribution is 1.11. The van der Waals surface area contributed by atoms with Crippen LogP contribution in [-0.4, -0.2) is 6.21 Å². The van der Waals surface area contributed by atoms with E-state index in [-0.39, 0.29) is 0 Å². The highest BCUT2D eigenvalue weighted by Crippen LogP contribution is 1.74. The summed E-state index contributed by atoms with van der Waals surface area (Å²) < 4.78 is 0. The maximum Gasteiger partial charge on any atom is -0.00476 e. The summed E-state index contributed by atoms with van der Waals surface area (Å²) >= 11 is 0. The van der Waals surface area contributed by atoms with Gasteiger partial charge < -0.3 is 5.41 Å². The summed E-state index contributed by atoms with van der Waals surface area (Å²) in [5.74, 6) is 0. The lowest BCUT2D eigenvalue weighted by Crippen LogP contribution is -1.63. The smallest absolute Gasteiger partial charge is 0.00476 e. The third-order valence-corrected chi connectivity index (χ3v) is 0.311. The van der Waals surface area contributed by atoms with E-state index >= 15 is 0 Å². The van der Waals surface area contributed by atoms with E-state index in [1.54, 1.807) is 0 Å². The zero-order chi connectivity index (χ0) is 4.12. The van der Waals surface area contributed by atoms with Gasteiger partial charge in [-0.25, -0.2) is 0 Å². The predicted molar refractivity (Wildman–Crippen MR) is 22.3 cm³/mol. The number of rotatable bonds is 2. The fourth-order valence-electron chi connectivity index (χ4n) is 0.0833. The maximum absolute atomic E-state index is 6.40. The normalized spacial score (nSPS) is 7.40. The molecule has 0 bridgehead atoms. The molecule has 0 fully saturated rings. The van der Waals surface area contributed by atoms with Crippen LogP contribution in [0.15, 0.2) is 0 Å². The van der Waals surface area contributed by atoms with E-state index in [4.69, 9.17) is 12.3 Å².